The third-order valence-corrected chi connectivity index (χ3v) is 7.70. The van der Waals surface area contributed by atoms with Gasteiger partial charge in [0.25, 0.3) is 0 Å². The average Bonchev–Trinajstić information content (AvgIpc) is 3.15. The van der Waals surface area contributed by atoms with Crippen LogP contribution in [0.4, 0.5) is 0 Å². The van der Waals surface area contributed by atoms with Gasteiger partial charge in [-0.25, -0.2) is 4.57 Å². The van der Waals surface area contributed by atoms with E-state index in [1.165, 1.54) is 25.1 Å². The molecule has 3 amide bonds. The molecule has 1 aliphatic rings. The van der Waals surface area contributed by atoms with Gasteiger partial charge in [-0.15, -0.1) is 0 Å². The molecule has 0 aliphatic carbocycles. The van der Waals surface area contributed by atoms with E-state index in [-0.39, 0.29) is 23.6 Å². The SMILES string of the molecule is CC(=O)N(C(=O)C(N)Cc1ccc(OP(=O)(O)O)c(C=O)c1)C1CCCCN(Cc2ccc(-c3ccccc3)cc2)C1=O. The van der Waals surface area contributed by atoms with Gasteiger partial charge in [-0.05, 0) is 60.1 Å². The van der Waals surface area contributed by atoms with Crippen molar-refractivity contribution in [2.75, 3.05) is 6.54 Å². The summed E-state index contributed by atoms with van der Waals surface area (Å²) >= 11 is 0. The lowest BCUT2D eigenvalue weighted by Gasteiger charge is -2.32. The highest BCUT2D eigenvalue weighted by Gasteiger charge is 2.38. The highest BCUT2D eigenvalue weighted by molar-refractivity contribution is 7.46. The smallest absolute Gasteiger partial charge is 0.403 e. The summed E-state index contributed by atoms with van der Waals surface area (Å²) in [4.78, 5) is 72.2. The molecule has 1 aliphatic heterocycles. The zero-order valence-electron chi connectivity index (χ0n) is 23.7. The van der Waals surface area contributed by atoms with E-state index in [1.54, 1.807) is 4.90 Å². The monoisotopic (exact) mass is 607 g/mol. The fraction of sp³-hybridized carbons (Fsp3) is 0.290. The Balaban J connectivity index is 1.48. The van der Waals surface area contributed by atoms with E-state index in [4.69, 9.17) is 15.5 Å². The number of amides is 3. The number of aldehydes is 1. The molecule has 43 heavy (non-hydrogen) atoms. The van der Waals surface area contributed by atoms with Crippen molar-refractivity contribution in [2.45, 2.75) is 51.2 Å². The molecule has 11 nitrogen and oxygen atoms in total. The lowest BCUT2D eigenvalue weighted by atomic mass is 10.0. The largest absolute Gasteiger partial charge is 0.524 e. The number of hydrogen-bond donors (Lipinski definition) is 3. The lowest BCUT2D eigenvalue weighted by molar-refractivity contribution is -0.154. The highest BCUT2D eigenvalue weighted by atomic mass is 31.2. The first-order chi connectivity index (χ1) is 20.5. The molecule has 3 aromatic carbocycles. The molecular weight excluding hydrogens is 573 g/mol. The quantitative estimate of drug-likeness (QED) is 0.231. The first kappa shape index (κ1) is 31.8. The van der Waals surface area contributed by atoms with Gasteiger partial charge < -0.3 is 15.2 Å². The molecular formula is C31H34N3O8P. The lowest BCUT2D eigenvalue weighted by Crippen LogP contribution is -2.56. The van der Waals surface area contributed by atoms with Gasteiger partial charge in [0.2, 0.25) is 17.7 Å². The van der Waals surface area contributed by atoms with E-state index < -0.39 is 31.7 Å². The number of likely N-dealkylation sites (tertiary alicyclic amines) is 1. The van der Waals surface area contributed by atoms with Gasteiger partial charge >= 0.3 is 7.82 Å². The van der Waals surface area contributed by atoms with Crippen molar-refractivity contribution >= 4 is 31.8 Å². The molecule has 0 bridgehead atoms. The van der Waals surface area contributed by atoms with Crippen LogP contribution in [0.3, 0.4) is 0 Å². The summed E-state index contributed by atoms with van der Waals surface area (Å²) in [6.45, 7) is 2.03. The molecule has 1 saturated heterocycles. The number of benzene rings is 3. The third kappa shape index (κ3) is 8.24. The molecule has 4 rings (SSSR count). The van der Waals surface area contributed by atoms with Gasteiger partial charge in [0, 0.05) is 20.0 Å². The minimum absolute atomic E-state index is 0.0992. The molecule has 2 atom stereocenters. The zero-order valence-corrected chi connectivity index (χ0v) is 24.6. The Morgan fingerprint density at radius 3 is 2.33 bits per heavy atom. The summed E-state index contributed by atoms with van der Waals surface area (Å²) in [6.07, 6.45) is 1.92. The van der Waals surface area contributed by atoms with Gasteiger partial charge in [-0.3, -0.25) is 33.9 Å². The fourth-order valence-corrected chi connectivity index (χ4v) is 5.63. The third-order valence-electron chi connectivity index (χ3n) is 7.27. The number of phosphoric ester groups is 1. The average molecular weight is 608 g/mol. The topological polar surface area (TPSA) is 168 Å². The normalized spacial score (nSPS) is 16.2. The first-order valence-corrected chi connectivity index (χ1v) is 15.4. The van der Waals surface area contributed by atoms with Crippen molar-refractivity contribution in [3.8, 4) is 16.9 Å². The van der Waals surface area contributed by atoms with Crippen LogP contribution in [0.25, 0.3) is 11.1 Å². The van der Waals surface area contributed by atoms with E-state index in [0.29, 0.717) is 44.2 Å². The van der Waals surface area contributed by atoms with Gasteiger partial charge in [0.1, 0.15) is 11.8 Å². The van der Waals surface area contributed by atoms with E-state index in [1.807, 2.05) is 54.6 Å². The van der Waals surface area contributed by atoms with Crippen molar-refractivity contribution in [3.05, 3.63) is 89.5 Å². The van der Waals surface area contributed by atoms with Crippen LogP contribution in [-0.4, -0.2) is 62.2 Å². The van der Waals surface area contributed by atoms with Crippen LogP contribution in [0.5, 0.6) is 5.75 Å². The Kier molecular flexibility index (Phi) is 10.3. The van der Waals surface area contributed by atoms with Crippen LogP contribution in [0, 0.1) is 0 Å². The van der Waals surface area contributed by atoms with Crippen LogP contribution < -0.4 is 10.3 Å². The van der Waals surface area contributed by atoms with Crippen LogP contribution in [0.15, 0.2) is 72.8 Å². The molecule has 0 saturated carbocycles. The van der Waals surface area contributed by atoms with Crippen molar-refractivity contribution in [3.63, 3.8) is 0 Å². The molecule has 1 fully saturated rings. The molecule has 4 N–H and O–H groups in total. The summed E-state index contributed by atoms with van der Waals surface area (Å²) in [5.41, 5.74) is 9.53. The van der Waals surface area contributed by atoms with Crippen LogP contribution >= 0.6 is 7.82 Å². The second kappa shape index (κ2) is 13.9. The summed E-state index contributed by atoms with van der Waals surface area (Å²) in [5.74, 6) is -1.99. The van der Waals surface area contributed by atoms with Crippen molar-refractivity contribution in [2.24, 2.45) is 5.73 Å². The van der Waals surface area contributed by atoms with Crippen LogP contribution in [0.1, 0.15) is 47.7 Å². The maximum Gasteiger partial charge on any atom is 0.524 e. The predicted octanol–water partition coefficient (Wildman–Crippen LogP) is 3.46. The van der Waals surface area contributed by atoms with E-state index in [0.717, 1.165) is 21.6 Å². The molecule has 1 heterocycles. The van der Waals surface area contributed by atoms with Crippen molar-refractivity contribution < 1.29 is 38.1 Å². The van der Waals surface area contributed by atoms with Crippen LogP contribution in [-0.2, 0) is 31.9 Å². The Hall–Kier alpha value is -4.15. The second-order valence-corrected chi connectivity index (χ2v) is 11.6. The van der Waals surface area contributed by atoms with Crippen molar-refractivity contribution in [1.82, 2.24) is 9.80 Å². The number of carbonyl (C=O) groups is 4. The molecule has 3 aromatic rings. The van der Waals surface area contributed by atoms with Crippen molar-refractivity contribution in [1.29, 1.82) is 0 Å². The molecule has 226 valence electrons. The first-order valence-electron chi connectivity index (χ1n) is 13.8. The zero-order chi connectivity index (χ0) is 31.1. The maximum absolute atomic E-state index is 13.7. The van der Waals surface area contributed by atoms with Gasteiger partial charge in [0.05, 0.1) is 11.6 Å². The minimum Gasteiger partial charge on any atom is -0.403 e. The Morgan fingerprint density at radius 1 is 1.05 bits per heavy atom. The number of imide groups is 1. The molecule has 2 unspecified atom stereocenters. The van der Waals surface area contributed by atoms with E-state index in [9.17, 15) is 23.7 Å². The molecule has 12 heteroatoms. The number of hydrogen-bond acceptors (Lipinski definition) is 7. The van der Waals surface area contributed by atoms with Crippen LogP contribution in [0.2, 0.25) is 0 Å². The standard InChI is InChI=1S/C31H34N3O8P/c1-21(36)34(30(37)27(32)18-23-12-15-29(26(17-23)20-35)42-43(39,40)41)28-9-5-6-16-33(31(28)38)19-22-10-13-25(14-11-22)24-7-3-2-4-8-24/h2-4,7-8,10-15,17,20,27-28H,5-6,9,16,18-19,32H2,1H3,(H2,39,40,41). The Bertz CT molecular complexity index is 1520. The number of phosphoric acid groups is 1. The Morgan fingerprint density at radius 2 is 1.70 bits per heavy atom. The number of carbonyl (C=O) groups excluding carboxylic acids is 4. The summed E-state index contributed by atoms with van der Waals surface area (Å²) < 4.78 is 15.7. The number of nitrogens with zero attached hydrogens (tertiary/aromatic N) is 2. The number of rotatable bonds is 10. The Labute approximate surface area is 249 Å². The van der Waals surface area contributed by atoms with Gasteiger partial charge in [0.15, 0.2) is 6.29 Å². The number of nitrogens with two attached hydrogens (primary N) is 1. The summed E-state index contributed by atoms with van der Waals surface area (Å²) in [7, 11) is -4.90. The molecule has 0 aromatic heterocycles. The predicted molar refractivity (Wildman–Crippen MR) is 159 cm³/mol. The van der Waals surface area contributed by atoms with Gasteiger partial charge in [-0.1, -0.05) is 60.7 Å². The molecule has 0 radical (unpaired) electrons. The minimum atomic E-state index is -4.90. The fourth-order valence-electron chi connectivity index (χ4n) is 5.21. The molecule has 0 spiro atoms. The summed E-state index contributed by atoms with van der Waals surface area (Å²) in [6, 6.07) is 19.5. The summed E-state index contributed by atoms with van der Waals surface area (Å²) in [5, 5.41) is 0. The second-order valence-electron chi connectivity index (χ2n) is 10.4. The van der Waals surface area contributed by atoms with Gasteiger partial charge in [-0.2, -0.15) is 0 Å². The van der Waals surface area contributed by atoms with E-state index >= 15 is 0 Å². The van der Waals surface area contributed by atoms with E-state index in [2.05, 4.69) is 4.52 Å². The maximum atomic E-state index is 13.7. The highest BCUT2D eigenvalue weighted by Crippen LogP contribution is 2.39.